The van der Waals surface area contributed by atoms with Crippen LogP contribution in [0.25, 0.3) is 41.9 Å². The molecular formula is C40H29N3S2. The van der Waals surface area contributed by atoms with E-state index in [1.165, 1.54) is 53.2 Å². The van der Waals surface area contributed by atoms with Crippen LogP contribution in [0, 0.1) is 17.9 Å². The predicted octanol–water partition coefficient (Wildman–Crippen LogP) is 11.8. The van der Waals surface area contributed by atoms with Gasteiger partial charge >= 0.3 is 0 Å². The van der Waals surface area contributed by atoms with Crippen molar-refractivity contribution in [3.63, 3.8) is 0 Å². The minimum Gasteiger partial charge on any atom is -0.310 e. The number of para-hydroxylation sites is 1. The Morgan fingerprint density at radius 1 is 0.733 bits per heavy atom. The Balaban J connectivity index is 1.26. The molecule has 0 bridgehead atoms. The zero-order valence-corrected chi connectivity index (χ0v) is 27.1. The first-order valence-electron chi connectivity index (χ1n) is 15.0. The third-order valence-corrected chi connectivity index (χ3v) is 11.9. The molecule has 2 heterocycles. The lowest BCUT2D eigenvalue weighted by Gasteiger charge is -2.29. The highest BCUT2D eigenvalue weighted by atomic mass is 32.1. The highest BCUT2D eigenvalue weighted by Crippen LogP contribution is 2.58. The molecule has 216 valence electrons. The molecule has 0 radical (unpaired) electrons. The second-order valence-corrected chi connectivity index (χ2v) is 15.0. The van der Waals surface area contributed by atoms with Crippen molar-refractivity contribution in [2.24, 2.45) is 0 Å². The Hall–Kier alpha value is -4.94. The lowest BCUT2D eigenvalue weighted by Crippen LogP contribution is -2.18. The Morgan fingerprint density at radius 3 is 2.09 bits per heavy atom. The van der Waals surface area contributed by atoms with Crippen LogP contribution in [-0.4, -0.2) is 0 Å². The first-order valence-corrected chi connectivity index (χ1v) is 16.7. The molecular weight excluding hydrogens is 587 g/mol. The van der Waals surface area contributed by atoms with E-state index in [0.29, 0.717) is 0 Å². The quantitative estimate of drug-likeness (QED) is 0.146. The highest BCUT2D eigenvalue weighted by molar-refractivity contribution is 7.30. The molecule has 2 aliphatic rings. The number of benzene rings is 4. The van der Waals surface area contributed by atoms with Gasteiger partial charge in [0, 0.05) is 42.3 Å². The summed E-state index contributed by atoms with van der Waals surface area (Å²) in [5.74, 6) is 0. The summed E-state index contributed by atoms with van der Waals surface area (Å²) < 4.78 is 2.47. The van der Waals surface area contributed by atoms with Gasteiger partial charge in [0.15, 0.2) is 0 Å². The normalized spacial score (nSPS) is 15.1. The van der Waals surface area contributed by atoms with E-state index in [9.17, 15) is 5.26 Å². The van der Waals surface area contributed by atoms with Crippen LogP contribution >= 0.6 is 22.7 Å². The number of allylic oxidation sites excluding steroid dienone is 1. The highest BCUT2D eigenvalue weighted by Gasteiger charge is 2.40. The third-order valence-electron chi connectivity index (χ3n) is 9.54. The minimum atomic E-state index is -0.202. The van der Waals surface area contributed by atoms with Crippen LogP contribution in [0.15, 0.2) is 103 Å². The summed E-state index contributed by atoms with van der Waals surface area (Å²) in [6.45, 7) is 16.6. The first-order chi connectivity index (χ1) is 21.7. The van der Waals surface area contributed by atoms with Gasteiger partial charge in [-0.25, -0.2) is 10.1 Å². The standard InChI is InChI=1S/C40H29N3S2/c1-39(2)32-14-10-9-13-29(32)30-17-15-26(20-33(30)39)43(25-11-7-6-8-12-25)27-16-18-31-34(21-27)40(3,4)36-37(31)45-35-22-28(44-38(35)36)19-24(23-41)42-5/h6-22H,1-4H3/b24-19-. The molecule has 8 rings (SSSR count). The van der Waals surface area contributed by atoms with E-state index in [2.05, 4.69) is 135 Å². The SMILES string of the molecule is [C-]#[N+]/C(C#N)=C\c1cc2sc3c(c2s1)C(C)(C)c1cc(N(c2ccccc2)c2ccc4c(c2)C(C)(C)c2ccccc2-4)ccc1-3. The molecule has 4 aromatic carbocycles. The van der Waals surface area contributed by atoms with Crippen molar-refractivity contribution in [2.75, 3.05) is 4.90 Å². The van der Waals surface area contributed by atoms with Crippen molar-refractivity contribution >= 4 is 55.2 Å². The number of nitriles is 1. The molecule has 6 aromatic rings. The first kappa shape index (κ1) is 27.6. The molecule has 0 spiro atoms. The van der Waals surface area contributed by atoms with Crippen molar-refractivity contribution in [1.82, 2.24) is 0 Å². The van der Waals surface area contributed by atoms with Crippen molar-refractivity contribution in [3.8, 4) is 27.6 Å². The van der Waals surface area contributed by atoms with Gasteiger partial charge in [-0.2, -0.15) is 0 Å². The van der Waals surface area contributed by atoms with E-state index >= 15 is 0 Å². The van der Waals surface area contributed by atoms with Gasteiger partial charge in [-0.15, -0.1) is 22.7 Å². The van der Waals surface area contributed by atoms with Gasteiger partial charge in [-0.05, 0) is 87.5 Å². The molecule has 2 aromatic heterocycles. The Labute approximate surface area is 271 Å². The van der Waals surface area contributed by atoms with E-state index in [1.807, 2.05) is 17.4 Å². The number of rotatable bonds is 4. The molecule has 0 fully saturated rings. The maximum absolute atomic E-state index is 9.29. The minimum absolute atomic E-state index is 0.0820. The van der Waals surface area contributed by atoms with E-state index in [-0.39, 0.29) is 16.5 Å². The van der Waals surface area contributed by atoms with Gasteiger partial charge in [0.2, 0.25) is 0 Å². The van der Waals surface area contributed by atoms with Crippen molar-refractivity contribution < 1.29 is 0 Å². The summed E-state index contributed by atoms with van der Waals surface area (Å²) in [6.07, 6.45) is 1.71. The average molecular weight is 616 g/mol. The number of hydrogen-bond acceptors (Lipinski definition) is 4. The predicted molar refractivity (Wildman–Crippen MR) is 190 cm³/mol. The van der Waals surface area contributed by atoms with Crippen LogP contribution in [0.2, 0.25) is 0 Å². The van der Waals surface area contributed by atoms with Crippen molar-refractivity contribution in [3.05, 3.63) is 141 Å². The van der Waals surface area contributed by atoms with Crippen molar-refractivity contribution in [1.29, 1.82) is 5.26 Å². The van der Waals surface area contributed by atoms with Crippen molar-refractivity contribution in [2.45, 2.75) is 38.5 Å². The van der Waals surface area contributed by atoms with E-state index in [0.717, 1.165) is 21.9 Å². The van der Waals surface area contributed by atoms with Crippen LogP contribution in [0.3, 0.4) is 0 Å². The fourth-order valence-corrected chi connectivity index (χ4v) is 10.3. The molecule has 3 nitrogen and oxygen atoms in total. The molecule has 0 saturated heterocycles. The fraction of sp³-hybridized carbons (Fsp3) is 0.150. The Morgan fingerprint density at radius 2 is 1.38 bits per heavy atom. The summed E-state index contributed by atoms with van der Waals surface area (Å²) in [5, 5.41) is 9.29. The lowest BCUT2D eigenvalue weighted by molar-refractivity contribution is 0.660. The lowest BCUT2D eigenvalue weighted by atomic mass is 9.82. The monoisotopic (exact) mass is 615 g/mol. The molecule has 0 aliphatic heterocycles. The largest absolute Gasteiger partial charge is 0.310 e. The molecule has 0 N–H and O–H groups in total. The molecule has 0 saturated carbocycles. The Kier molecular flexibility index (Phi) is 6.00. The molecule has 0 amide bonds. The fourth-order valence-electron chi connectivity index (χ4n) is 7.34. The molecule has 5 heteroatoms. The Bertz CT molecular complexity index is 2290. The van der Waals surface area contributed by atoms with Crippen LogP contribution in [0.5, 0.6) is 0 Å². The van der Waals surface area contributed by atoms with Gasteiger partial charge in [0.05, 0.1) is 17.3 Å². The van der Waals surface area contributed by atoms with Gasteiger partial charge in [-0.3, -0.25) is 0 Å². The van der Waals surface area contributed by atoms with E-state index in [1.54, 1.807) is 17.4 Å². The van der Waals surface area contributed by atoms with Crippen LogP contribution in [0.1, 0.15) is 54.8 Å². The van der Waals surface area contributed by atoms with E-state index in [4.69, 9.17) is 6.57 Å². The summed E-state index contributed by atoms with van der Waals surface area (Å²) in [4.78, 5) is 8.03. The van der Waals surface area contributed by atoms with Crippen LogP contribution in [-0.2, 0) is 10.8 Å². The van der Waals surface area contributed by atoms with Gasteiger partial charge < -0.3 is 4.90 Å². The zero-order chi connectivity index (χ0) is 31.1. The summed E-state index contributed by atoms with van der Waals surface area (Å²) in [5.41, 5.74) is 12.6. The van der Waals surface area contributed by atoms with Crippen LogP contribution in [0.4, 0.5) is 17.1 Å². The topological polar surface area (TPSA) is 31.4 Å². The second-order valence-electron chi connectivity index (χ2n) is 12.8. The second kappa shape index (κ2) is 9.78. The zero-order valence-electron chi connectivity index (χ0n) is 25.5. The van der Waals surface area contributed by atoms with Gasteiger partial charge in [-0.1, -0.05) is 82.3 Å². The average Bonchev–Trinajstić information content (AvgIpc) is 3.73. The molecule has 0 unspecified atom stereocenters. The molecule has 0 atom stereocenters. The summed E-state index contributed by atoms with van der Waals surface area (Å²) >= 11 is 3.50. The number of fused-ring (bicyclic) bond motifs is 8. The third kappa shape index (κ3) is 3.98. The van der Waals surface area contributed by atoms with E-state index < -0.39 is 0 Å². The number of hydrogen-bond donors (Lipinski definition) is 0. The smallest absolute Gasteiger partial charge is 0.263 e. The number of anilines is 3. The number of thiophene rings is 2. The number of nitrogens with zero attached hydrogens (tertiary/aromatic N) is 3. The van der Waals surface area contributed by atoms with Crippen LogP contribution < -0.4 is 4.90 Å². The summed E-state index contributed by atoms with van der Waals surface area (Å²) in [7, 11) is 0. The molecule has 2 aliphatic carbocycles. The molecule has 45 heavy (non-hydrogen) atoms. The van der Waals surface area contributed by atoms with Gasteiger partial charge in [0.25, 0.3) is 5.70 Å². The summed E-state index contributed by atoms with van der Waals surface area (Å²) in [6, 6.07) is 37.5. The van der Waals surface area contributed by atoms with Gasteiger partial charge in [0.1, 0.15) is 0 Å². The maximum Gasteiger partial charge on any atom is 0.263 e. The maximum atomic E-state index is 9.29.